The third kappa shape index (κ3) is 2.45. The molecule has 4 rings (SSSR count). The molecule has 0 aliphatic carbocycles. The summed E-state index contributed by atoms with van der Waals surface area (Å²) in [5.74, 6) is 0. The number of aryl methyl sites for hydroxylation is 1. The Morgan fingerprint density at radius 2 is 2.00 bits per heavy atom. The Labute approximate surface area is 135 Å². The molecule has 1 N–H and O–H groups in total. The smallest absolute Gasteiger partial charge is 0.201 e. The predicted octanol–water partition coefficient (Wildman–Crippen LogP) is 1.89. The highest BCUT2D eigenvalue weighted by molar-refractivity contribution is 5.73. The number of hydrogen-bond acceptors (Lipinski definition) is 5. The second kappa shape index (κ2) is 5.62. The van der Waals surface area contributed by atoms with E-state index >= 15 is 0 Å². The molecule has 6 nitrogen and oxygen atoms in total. The van der Waals surface area contributed by atoms with Crippen LogP contribution in [-0.4, -0.2) is 39.4 Å². The number of nitrogens with zero attached hydrogens (tertiary/aromatic N) is 5. The Morgan fingerprint density at radius 1 is 1.17 bits per heavy atom. The molecule has 1 fully saturated rings. The van der Waals surface area contributed by atoms with Gasteiger partial charge in [0.2, 0.25) is 5.65 Å². The van der Waals surface area contributed by atoms with Gasteiger partial charge in [-0.3, -0.25) is 0 Å². The van der Waals surface area contributed by atoms with Gasteiger partial charge in [0.25, 0.3) is 0 Å². The summed E-state index contributed by atoms with van der Waals surface area (Å²) in [4.78, 5) is 2.40. The molecular formula is C17H20N6. The molecule has 1 aliphatic heterocycles. The first-order chi connectivity index (χ1) is 11.2. The number of rotatable bonds is 2. The van der Waals surface area contributed by atoms with Gasteiger partial charge < -0.3 is 10.2 Å². The average Bonchev–Trinajstić information content (AvgIpc) is 3.04. The highest BCUT2D eigenvalue weighted by Gasteiger charge is 2.25. The van der Waals surface area contributed by atoms with Gasteiger partial charge in [-0.15, -0.1) is 10.2 Å². The van der Waals surface area contributed by atoms with E-state index in [-0.39, 0.29) is 0 Å². The van der Waals surface area contributed by atoms with Crippen molar-refractivity contribution >= 4 is 11.3 Å². The van der Waals surface area contributed by atoms with Crippen LogP contribution in [0.25, 0.3) is 5.65 Å². The highest BCUT2D eigenvalue weighted by atomic mass is 15.4. The van der Waals surface area contributed by atoms with E-state index in [1.54, 1.807) is 10.8 Å². The fourth-order valence-electron chi connectivity index (χ4n) is 3.27. The monoisotopic (exact) mass is 308 g/mol. The summed E-state index contributed by atoms with van der Waals surface area (Å²) in [6.45, 7) is 6.97. The topological polar surface area (TPSA) is 58.4 Å². The van der Waals surface area contributed by atoms with Gasteiger partial charge in [-0.25, -0.2) is 0 Å². The van der Waals surface area contributed by atoms with Crippen LogP contribution >= 0.6 is 0 Å². The van der Waals surface area contributed by atoms with E-state index in [0.29, 0.717) is 6.04 Å². The van der Waals surface area contributed by atoms with Gasteiger partial charge in [0.15, 0.2) is 0 Å². The van der Waals surface area contributed by atoms with Gasteiger partial charge in [-0.2, -0.15) is 9.61 Å². The van der Waals surface area contributed by atoms with Gasteiger partial charge in [0.1, 0.15) is 6.33 Å². The summed E-state index contributed by atoms with van der Waals surface area (Å²) in [5.41, 5.74) is 5.50. The Balaban J connectivity index is 1.73. The fourth-order valence-corrected chi connectivity index (χ4v) is 3.27. The van der Waals surface area contributed by atoms with Gasteiger partial charge in [-0.05, 0) is 25.0 Å². The van der Waals surface area contributed by atoms with Gasteiger partial charge in [0.05, 0.1) is 11.4 Å². The summed E-state index contributed by atoms with van der Waals surface area (Å²) >= 11 is 0. The van der Waals surface area contributed by atoms with Crippen LogP contribution in [0.4, 0.5) is 5.69 Å². The molecule has 23 heavy (non-hydrogen) atoms. The molecule has 1 atom stereocenters. The van der Waals surface area contributed by atoms with Crippen LogP contribution in [0.3, 0.4) is 0 Å². The molecule has 0 saturated carbocycles. The third-order valence-electron chi connectivity index (χ3n) is 4.59. The number of aromatic nitrogens is 4. The van der Waals surface area contributed by atoms with Crippen molar-refractivity contribution in [3.63, 3.8) is 0 Å². The van der Waals surface area contributed by atoms with Crippen LogP contribution in [0.2, 0.25) is 0 Å². The van der Waals surface area contributed by atoms with E-state index in [2.05, 4.69) is 62.8 Å². The minimum Gasteiger partial charge on any atom is -0.365 e. The van der Waals surface area contributed by atoms with E-state index in [4.69, 9.17) is 0 Å². The van der Waals surface area contributed by atoms with E-state index in [1.807, 2.05) is 6.92 Å². The Morgan fingerprint density at radius 3 is 2.83 bits per heavy atom. The van der Waals surface area contributed by atoms with E-state index in [9.17, 15) is 0 Å². The second-order valence-electron chi connectivity index (χ2n) is 6.02. The molecule has 118 valence electrons. The van der Waals surface area contributed by atoms with E-state index in [1.165, 1.54) is 11.1 Å². The molecule has 0 spiro atoms. The van der Waals surface area contributed by atoms with Crippen LogP contribution in [0.1, 0.15) is 22.9 Å². The number of fused-ring (bicyclic) bond motifs is 1. The van der Waals surface area contributed by atoms with Crippen molar-refractivity contribution in [2.45, 2.75) is 19.9 Å². The Hall–Kier alpha value is -2.47. The summed E-state index contributed by atoms with van der Waals surface area (Å²) in [5, 5.41) is 16.4. The normalized spacial score (nSPS) is 18.5. The van der Waals surface area contributed by atoms with Crippen molar-refractivity contribution in [2.24, 2.45) is 0 Å². The number of anilines is 1. The number of benzene rings is 1. The maximum absolute atomic E-state index is 4.52. The zero-order valence-electron chi connectivity index (χ0n) is 13.4. The first kappa shape index (κ1) is 14.1. The SMILES string of the molecule is Cc1nn2cnnc2c(N2CCNC(c3ccccc3)C2)c1C. The first-order valence-corrected chi connectivity index (χ1v) is 7.94. The maximum atomic E-state index is 4.52. The number of nitrogens with one attached hydrogen (secondary N) is 1. The lowest BCUT2D eigenvalue weighted by molar-refractivity contribution is 0.471. The lowest BCUT2D eigenvalue weighted by Crippen LogP contribution is -2.46. The number of hydrogen-bond donors (Lipinski definition) is 1. The average molecular weight is 308 g/mol. The Kier molecular flexibility index (Phi) is 3.46. The van der Waals surface area contributed by atoms with Gasteiger partial charge in [-0.1, -0.05) is 30.3 Å². The lowest BCUT2D eigenvalue weighted by Gasteiger charge is -2.36. The summed E-state index contributed by atoms with van der Waals surface area (Å²) in [6.07, 6.45) is 1.67. The fraction of sp³-hybridized carbons (Fsp3) is 0.353. The number of piperazine rings is 1. The summed E-state index contributed by atoms with van der Waals surface area (Å²) in [7, 11) is 0. The largest absolute Gasteiger partial charge is 0.365 e. The minimum absolute atomic E-state index is 0.320. The van der Waals surface area contributed by atoms with Crippen LogP contribution in [0.15, 0.2) is 36.7 Å². The van der Waals surface area contributed by atoms with Crippen molar-refractivity contribution in [1.82, 2.24) is 25.1 Å². The molecular weight excluding hydrogens is 288 g/mol. The van der Waals surface area contributed by atoms with Crippen molar-refractivity contribution in [1.29, 1.82) is 0 Å². The molecule has 0 radical (unpaired) electrons. The molecule has 1 aromatic carbocycles. The standard InChI is InChI=1S/C17H20N6/c1-12-13(2)21-23-11-19-20-17(23)16(12)22-9-8-18-15(10-22)14-6-4-3-5-7-14/h3-7,11,15,18H,8-10H2,1-2H3. The van der Waals surface area contributed by atoms with Crippen molar-refractivity contribution in [3.8, 4) is 0 Å². The molecule has 1 unspecified atom stereocenters. The zero-order valence-corrected chi connectivity index (χ0v) is 13.4. The van der Waals surface area contributed by atoms with E-state index in [0.717, 1.165) is 36.7 Å². The summed E-state index contributed by atoms with van der Waals surface area (Å²) in [6, 6.07) is 10.9. The van der Waals surface area contributed by atoms with Crippen LogP contribution in [0.5, 0.6) is 0 Å². The van der Waals surface area contributed by atoms with Crippen molar-refractivity contribution in [2.75, 3.05) is 24.5 Å². The molecule has 1 aliphatic rings. The third-order valence-corrected chi connectivity index (χ3v) is 4.59. The van der Waals surface area contributed by atoms with Gasteiger partial charge in [0, 0.05) is 25.7 Å². The lowest BCUT2D eigenvalue weighted by atomic mass is 10.0. The van der Waals surface area contributed by atoms with Crippen molar-refractivity contribution in [3.05, 3.63) is 53.5 Å². The van der Waals surface area contributed by atoms with Crippen LogP contribution in [-0.2, 0) is 0 Å². The molecule has 3 aromatic rings. The van der Waals surface area contributed by atoms with Crippen LogP contribution in [0, 0.1) is 13.8 Å². The van der Waals surface area contributed by atoms with E-state index < -0.39 is 0 Å². The maximum Gasteiger partial charge on any atom is 0.201 e. The quantitative estimate of drug-likeness (QED) is 0.783. The molecule has 1 saturated heterocycles. The van der Waals surface area contributed by atoms with Crippen molar-refractivity contribution < 1.29 is 0 Å². The molecule has 0 amide bonds. The highest BCUT2D eigenvalue weighted by Crippen LogP contribution is 2.29. The molecule has 2 aromatic heterocycles. The molecule has 3 heterocycles. The molecule has 0 bridgehead atoms. The predicted molar refractivity (Wildman–Crippen MR) is 89.7 cm³/mol. The minimum atomic E-state index is 0.320. The zero-order chi connectivity index (χ0) is 15.8. The second-order valence-corrected chi connectivity index (χ2v) is 6.02. The summed E-state index contributed by atoms with van der Waals surface area (Å²) < 4.78 is 1.78. The first-order valence-electron chi connectivity index (χ1n) is 7.94. The van der Waals surface area contributed by atoms with Gasteiger partial charge >= 0.3 is 0 Å². The molecule has 6 heteroatoms. The Bertz CT molecular complexity index is 826. The van der Waals surface area contributed by atoms with Crippen LogP contribution < -0.4 is 10.2 Å².